The Morgan fingerprint density at radius 3 is 1.92 bits per heavy atom. The molecular weight excluding hydrogens is 517 g/mol. The van der Waals surface area contributed by atoms with Crippen LogP contribution in [0.15, 0.2) is 12.2 Å². The fourth-order valence-electron chi connectivity index (χ4n) is 8.49. The average Bonchev–Trinajstić information content (AvgIpc) is 3.09. The molecule has 6 heteroatoms. The number of hydrogen-bond donors (Lipinski definition) is 0. The second-order valence-electron chi connectivity index (χ2n) is 17.3. The first-order valence-electron chi connectivity index (χ1n) is 15.6. The van der Waals surface area contributed by atoms with Gasteiger partial charge in [-0.1, -0.05) is 67.5 Å². The average molecular weight is 575 g/mol. The van der Waals surface area contributed by atoms with Gasteiger partial charge in [-0.3, -0.25) is 4.79 Å². The molecule has 9 atom stereocenters. The fraction of sp³-hybridized carbons (Fsp3) is 0.879. The SMILES string of the molecule is C=C1CCC2C3C(O[Si](C)(C)C(C)(C)C)[C@H](O[Si](C)(C)C(C)(C)C)C4CC(=O)C(C=O)C[C@]4(C)C3CC[C@]12C. The molecule has 0 aromatic rings. The van der Waals surface area contributed by atoms with Crippen LogP contribution in [0.1, 0.15) is 93.9 Å². The van der Waals surface area contributed by atoms with Crippen molar-refractivity contribution >= 4 is 28.7 Å². The molecule has 4 nitrogen and oxygen atoms in total. The van der Waals surface area contributed by atoms with Gasteiger partial charge >= 0.3 is 0 Å². The van der Waals surface area contributed by atoms with E-state index in [0.717, 1.165) is 32.0 Å². The van der Waals surface area contributed by atoms with E-state index in [1.54, 1.807) is 0 Å². The summed E-state index contributed by atoms with van der Waals surface area (Å²) >= 11 is 0. The van der Waals surface area contributed by atoms with Crippen LogP contribution < -0.4 is 0 Å². The smallest absolute Gasteiger partial charge is 0.192 e. The van der Waals surface area contributed by atoms with E-state index in [1.807, 2.05) is 0 Å². The van der Waals surface area contributed by atoms with Crippen LogP contribution in [0, 0.1) is 40.4 Å². The Bertz CT molecular complexity index is 1000. The molecule has 0 aromatic carbocycles. The summed E-state index contributed by atoms with van der Waals surface area (Å²) in [7, 11) is -4.36. The summed E-state index contributed by atoms with van der Waals surface area (Å²) in [4.78, 5) is 25.6. The van der Waals surface area contributed by atoms with Gasteiger partial charge in [0, 0.05) is 6.42 Å². The zero-order valence-corrected chi connectivity index (χ0v) is 29.2. The molecule has 0 N–H and O–H groups in total. The normalized spacial score (nSPS) is 41.6. The molecular formula is C33H58O4Si2. The van der Waals surface area contributed by atoms with Gasteiger partial charge in [0.15, 0.2) is 16.6 Å². The van der Waals surface area contributed by atoms with E-state index in [1.165, 1.54) is 5.57 Å². The van der Waals surface area contributed by atoms with Crippen LogP contribution in [0.25, 0.3) is 0 Å². The van der Waals surface area contributed by atoms with Crippen molar-refractivity contribution in [3.05, 3.63) is 12.2 Å². The van der Waals surface area contributed by atoms with Crippen molar-refractivity contribution < 1.29 is 18.4 Å². The Morgan fingerprint density at radius 2 is 1.41 bits per heavy atom. The lowest BCUT2D eigenvalue weighted by molar-refractivity contribution is -0.204. The van der Waals surface area contributed by atoms with E-state index >= 15 is 0 Å². The molecule has 0 amide bonds. The van der Waals surface area contributed by atoms with Crippen molar-refractivity contribution in [1.29, 1.82) is 0 Å². The van der Waals surface area contributed by atoms with Crippen LogP contribution >= 0.6 is 0 Å². The summed E-state index contributed by atoms with van der Waals surface area (Å²) in [5, 5.41) is 0.127. The van der Waals surface area contributed by atoms with Gasteiger partial charge in [-0.2, -0.15) is 0 Å². The van der Waals surface area contributed by atoms with E-state index in [0.29, 0.717) is 30.6 Å². The van der Waals surface area contributed by atoms with Crippen molar-refractivity contribution in [1.82, 2.24) is 0 Å². The van der Waals surface area contributed by atoms with Crippen molar-refractivity contribution in [2.75, 3.05) is 0 Å². The summed E-state index contributed by atoms with van der Waals surface area (Å²) in [6.45, 7) is 32.8. The first-order valence-corrected chi connectivity index (χ1v) is 21.4. The largest absolute Gasteiger partial charge is 0.411 e. The molecule has 4 aliphatic carbocycles. The lowest BCUT2D eigenvalue weighted by Crippen LogP contribution is -2.68. The third-order valence-electron chi connectivity index (χ3n) is 13.2. The van der Waals surface area contributed by atoms with Crippen molar-refractivity contribution in [3.63, 3.8) is 0 Å². The van der Waals surface area contributed by atoms with E-state index in [9.17, 15) is 9.59 Å². The van der Waals surface area contributed by atoms with E-state index < -0.39 is 22.6 Å². The minimum Gasteiger partial charge on any atom is -0.411 e. The van der Waals surface area contributed by atoms with Gasteiger partial charge in [-0.05, 0) is 103 Å². The monoisotopic (exact) mass is 574 g/mol. The predicted molar refractivity (Wildman–Crippen MR) is 166 cm³/mol. The quantitative estimate of drug-likeness (QED) is 0.143. The predicted octanol–water partition coefficient (Wildman–Crippen LogP) is 8.58. The van der Waals surface area contributed by atoms with E-state index in [4.69, 9.17) is 8.85 Å². The zero-order chi connectivity index (χ0) is 29.6. The van der Waals surface area contributed by atoms with Crippen molar-refractivity contribution in [3.8, 4) is 0 Å². The fourth-order valence-corrected chi connectivity index (χ4v) is 11.1. The number of fused-ring (bicyclic) bond motifs is 5. The Morgan fingerprint density at radius 1 is 0.872 bits per heavy atom. The van der Waals surface area contributed by atoms with Gasteiger partial charge in [-0.25, -0.2) is 0 Å². The number of ketones is 1. The standard InChI is InChI=1S/C33H58O4Si2/c1-21-14-15-23-27-24(16-17-32(21,23)8)33(9)19-22(20-34)26(35)18-25(33)28(36-38(10,11)30(2,3)4)29(27)37-39(12,13)31(5,6)7/h20,22-25,27-29H,1,14-19H2,2-13H3/t22?,23?,24?,25?,27?,28-,29?,32-,33-/m1/s1. The molecule has 0 heterocycles. The van der Waals surface area contributed by atoms with E-state index in [-0.39, 0.29) is 44.8 Å². The maximum absolute atomic E-state index is 13.4. The highest BCUT2D eigenvalue weighted by atomic mass is 28.4. The minimum atomic E-state index is -2.20. The number of carbonyl (C=O) groups excluding carboxylic acids is 2. The minimum absolute atomic E-state index is 0.0285. The lowest BCUT2D eigenvalue weighted by atomic mass is 9.43. The van der Waals surface area contributed by atoms with Crippen molar-refractivity contribution in [2.24, 2.45) is 40.4 Å². The Hall–Kier alpha value is -0.566. The summed E-state index contributed by atoms with van der Waals surface area (Å²) in [5.41, 5.74) is 1.43. The Kier molecular flexibility index (Phi) is 7.83. The first kappa shape index (κ1) is 31.4. The van der Waals surface area contributed by atoms with Crippen LogP contribution in [0.2, 0.25) is 36.3 Å². The maximum atomic E-state index is 13.4. The van der Waals surface area contributed by atoms with Gasteiger partial charge in [0.05, 0.1) is 18.1 Å². The van der Waals surface area contributed by atoms with Crippen molar-refractivity contribution in [2.45, 2.75) is 142 Å². The summed E-state index contributed by atoms with van der Waals surface area (Å²) in [6, 6.07) is 0. The molecule has 39 heavy (non-hydrogen) atoms. The van der Waals surface area contributed by atoms with Gasteiger partial charge in [0.2, 0.25) is 0 Å². The van der Waals surface area contributed by atoms with E-state index in [2.05, 4.69) is 88.2 Å². The summed E-state index contributed by atoms with van der Waals surface area (Å²) in [5.74, 6) is 1.000. The summed E-state index contributed by atoms with van der Waals surface area (Å²) < 4.78 is 15.1. The molecule has 4 fully saturated rings. The molecule has 4 aliphatic rings. The molecule has 4 saturated carbocycles. The maximum Gasteiger partial charge on any atom is 0.192 e. The second kappa shape index (κ2) is 9.74. The lowest BCUT2D eigenvalue weighted by Gasteiger charge is -2.66. The number of allylic oxidation sites excluding steroid dienone is 1. The van der Waals surface area contributed by atoms with Gasteiger partial charge in [-0.15, -0.1) is 0 Å². The Labute approximate surface area is 241 Å². The van der Waals surface area contributed by atoms with Gasteiger partial charge < -0.3 is 13.6 Å². The Balaban J connectivity index is 1.92. The van der Waals surface area contributed by atoms with Crippen LogP contribution in [-0.2, 0) is 18.4 Å². The highest BCUT2D eigenvalue weighted by molar-refractivity contribution is 6.74. The highest BCUT2D eigenvalue weighted by Gasteiger charge is 2.67. The molecule has 4 rings (SSSR count). The molecule has 6 unspecified atom stereocenters. The molecule has 0 bridgehead atoms. The third kappa shape index (κ3) is 4.95. The number of carbonyl (C=O) groups is 2. The number of hydrogen-bond acceptors (Lipinski definition) is 4. The number of Topliss-reactive ketones (excluding diaryl/α,β-unsaturated/α-hetero) is 1. The van der Waals surface area contributed by atoms with Crippen LogP contribution in [0.4, 0.5) is 0 Å². The zero-order valence-electron chi connectivity index (χ0n) is 27.2. The molecule has 0 aliphatic heterocycles. The van der Waals surface area contributed by atoms with Crippen LogP contribution in [0.5, 0.6) is 0 Å². The summed E-state index contributed by atoms with van der Waals surface area (Å²) in [6.07, 6.45) is 6.42. The molecule has 0 aromatic heterocycles. The van der Waals surface area contributed by atoms with Crippen LogP contribution in [-0.4, -0.2) is 40.9 Å². The van der Waals surface area contributed by atoms with Crippen LogP contribution in [0.3, 0.4) is 0 Å². The highest BCUT2D eigenvalue weighted by Crippen LogP contribution is 2.68. The second-order valence-corrected chi connectivity index (χ2v) is 26.8. The molecule has 0 saturated heterocycles. The first-order chi connectivity index (χ1) is 17.6. The molecule has 0 radical (unpaired) electrons. The topological polar surface area (TPSA) is 52.6 Å². The third-order valence-corrected chi connectivity index (χ3v) is 22.2. The number of aldehydes is 1. The van der Waals surface area contributed by atoms with Gasteiger partial charge in [0.25, 0.3) is 0 Å². The van der Waals surface area contributed by atoms with Gasteiger partial charge in [0.1, 0.15) is 12.1 Å². The molecule has 222 valence electrons. The number of rotatable bonds is 5. The molecule has 0 spiro atoms.